The predicted octanol–water partition coefficient (Wildman–Crippen LogP) is 3.35. The van der Waals surface area contributed by atoms with Crippen LogP contribution in [-0.4, -0.2) is 35.9 Å². The summed E-state index contributed by atoms with van der Waals surface area (Å²) in [5.41, 5.74) is -1.07. The van der Waals surface area contributed by atoms with Crippen LogP contribution in [0.5, 0.6) is 5.75 Å². The Morgan fingerprint density at radius 2 is 1.86 bits per heavy atom. The molecule has 0 radical (unpaired) electrons. The van der Waals surface area contributed by atoms with Gasteiger partial charge in [-0.1, -0.05) is 41.9 Å². The lowest BCUT2D eigenvalue weighted by atomic mass is 9.92. The third-order valence-electron chi connectivity index (χ3n) is 4.37. The molecule has 2 aromatic carbocycles. The first-order chi connectivity index (χ1) is 13.7. The number of nitrogens with one attached hydrogen (secondary N) is 2. The van der Waals surface area contributed by atoms with Crippen LogP contribution in [0.2, 0.25) is 5.02 Å². The summed E-state index contributed by atoms with van der Waals surface area (Å²) in [5.74, 6) is -1.67. The topological polar surface area (TPSA) is 87.7 Å². The largest absolute Gasteiger partial charge is 0.433 e. The Labute approximate surface area is 169 Å². The number of carbonyl (C=O) groups is 3. The fraction of sp³-hybridized carbons (Fsp3) is 0.211. The van der Waals surface area contributed by atoms with E-state index in [4.69, 9.17) is 11.6 Å². The maximum atomic E-state index is 12.9. The van der Waals surface area contributed by atoms with Crippen LogP contribution in [0.4, 0.5) is 19.3 Å². The highest BCUT2D eigenvalue weighted by Crippen LogP contribution is 2.33. The minimum atomic E-state index is -3.07. The molecule has 29 heavy (non-hydrogen) atoms. The Hall–Kier alpha value is -3.20. The Morgan fingerprint density at radius 1 is 1.21 bits per heavy atom. The van der Waals surface area contributed by atoms with Gasteiger partial charge in [0.05, 0.1) is 5.69 Å². The van der Waals surface area contributed by atoms with Crippen molar-refractivity contribution in [3.63, 3.8) is 0 Å². The zero-order chi connectivity index (χ0) is 21.2. The van der Waals surface area contributed by atoms with Crippen LogP contribution in [0, 0.1) is 0 Å². The molecule has 1 heterocycles. The molecule has 0 unspecified atom stereocenters. The number of nitrogens with zero attached hydrogens (tertiary/aromatic N) is 1. The van der Waals surface area contributed by atoms with Gasteiger partial charge in [0.2, 0.25) is 5.91 Å². The van der Waals surface area contributed by atoms with Crippen LogP contribution in [0.3, 0.4) is 0 Å². The molecule has 1 fully saturated rings. The third-order valence-corrected chi connectivity index (χ3v) is 4.70. The van der Waals surface area contributed by atoms with E-state index in [1.165, 1.54) is 31.2 Å². The van der Waals surface area contributed by atoms with Gasteiger partial charge in [-0.15, -0.1) is 0 Å². The lowest BCUT2D eigenvalue weighted by Crippen LogP contribution is -2.42. The second-order valence-corrected chi connectivity index (χ2v) is 6.76. The van der Waals surface area contributed by atoms with E-state index in [0.717, 1.165) is 4.90 Å². The average molecular weight is 424 g/mol. The van der Waals surface area contributed by atoms with E-state index in [2.05, 4.69) is 15.4 Å². The van der Waals surface area contributed by atoms with Gasteiger partial charge in [-0.2, -0.15) is 8.78 Å². The lowest BCUT2D eigenvalue weighted by molar-refractivity contribution is -0.133. The van der Waals surface area contributed by atoms with Crippen molar-refractivity contribution in [3.05, 3.63) is 59.1 Å². The monoisotopic (exact) mass is 423 g/mol. The highest BCUT2D eigenvalue weighted by molar-refractivity contribution is 6.32. The number of urea groups is 1. The second-order valence-electron chi connectivity index (χ2n) is 6.35. The molecule has 0 saturated carbocycles. The number of rotatable bonds is 6. The number of ether oxygens (including phenoxy) is 1. The van der Waals surface area contributed by atoms with Crippen LogP contribution < -0.4 is 15.4 Å². The van der Waals surface area contributed by atoms with Crippen molar-refractivity contribution in [1.82, 2.24) is 10.2 Å². The Morgan fingerprint density at radius 3 is 2.55 bits per heavy atom. The SMILES string of the molecule is C[C@]1(c2ccccc2Cl)NC(=O)N(CC(=O)Nc2ccccc2OC(F)F)C1=O. The molecule has 1 aliphatic rings. The van der Waals surface area contributed by atoms with Crippen LogP contribution in [-0.2, 0) is 15.1 Å². The normalized spacial score (nSPS) is 18.7. The van der Waals surface area contributed by atoms with Crippen molar-refractivity contribution >= 4 is 35.1 Å². The van der Waals surface area contributed by atoms with E-state index in [0.29, 0.717) is 5.56 Å². The Bertz CT molecular complexity index is 972. The van der Waals surface area contributed by atoms with Gasteiger partial charge in [-0.3, -0.25) is 14.5 Å². The summed E-state index contributed by atoms with van der Waals surface area (Å²) in [6.07, 6.45) is 0. The molecule has 3 rings (SSSR count). The molecule has 0 bridgehead atoms. The average Bonchev–Trinajstić information content (AvgIpc) is 2.87. The number of hydrogen-bond donors (Lipinski definition) is 2. The zero-order valence-electron chi connectivity index (χ0n) is 15.1. The molecule has 2 aromatic rings. The molecule has 0 aromatic heterocycles. The molecule has 1 saturated heterocycles. The summed E-state index contributed by atoms with van der Waals surface area (Å²) in [6, 6.07) is 11.3. The molecule has 152 valence electrons. The Balaban J connectivity index is 1.76. The van der Waals surface area contributed by atoms with Gasteiger partial charge in [0.25, 0.3) is 5.91 Å². The van der Waals surface area contributed by atoms with E-state index in [1.807, 2.05) is 0 Å². The summed E-state index contributed by atoms with van der Waals surface area (Å²) in [4.78, 5) is 38.3. The molecule has 10 heteroatoms. The summed E-state index contributed by atoms with van der Waals surface area (Å²) in [6.45, 7) is -2.21. The van der Waals surface area contributed by atoms with Gasteiger partial charge in [0.15, 0.2) is 0 Å². The molecule has 1 atom stereocenters. The van der Waals surface area contributed by atoms with E-state index >= 15 is 0 Å². The smallest absolute Gasteiger partial charge is 0.387 e. The number of carbonyl (C=O) groups excluding carboxylic acids is 3. The summed E-state index contributed by atoms with van der Waals surface area (Å²) >= 11 is 6.15. The number of halogens is 3. The fourth-order valence-corrected chi connectivity index (χ4v) is 3.32. The third kappa shape index (κ3) is 4.14. The number of imide groups is 1. The van der Waals surface area contributed by atoms with Gasteiger partial charge < -0.3 is 15.4 Å². The van der Waals surface area contributed by atoms with Crippen LogP contribution in [0.15, 0.2) is 48.5 Å². The van der Waals surface area contributed by atoms with E-state index in [-0.39, 0.29) is 16.5 Å². The predicted molar refractivity (Wildman–Crippen MR) is 101 cm³/mol. The maximum Gasteiger partial charge on any atom is 0.387 e. The van der Waals surface area contributed by atoms with Crippen molar-refractivity contribution in [3.8, 4) is 5.75 Å². The second kappa shape index (κ2) is 8.04. The molecule has 1 aliphatic heterocycles. The first-order valence-electron chi connectivity index (χ1n) is 8.45. The number of benzene rings is 2. The highest BCUT2D eigenvalue weighted by atomic mass is 35.5. The molecular weight excluding hydrogens is 408 g/mol. The fourth-order valence-electron chi connectivity index (χ4n) is 2.99. The molecule has 7 nitrogen and oxygen atoms in total. The van der Waals surface area contributed by atoms with Crippen LogP contribution in [0.1, 0.15) is 12.5 Å². The van der Waals surface area contributed by atoms with Crippen molar-refractivity contribution in [2.75, 3.05) is 11.9 Å². The number of alkyl halides is 2. The van der Waals surface area contributed by atoms with Gasteiger partial charge >= 0.3 is 12.6 Å². The standard InChI is InChI=1S/C19H16ClF2N3O4/c1-19(11-6-2-3-7-12(11)20)16(27)25(18(28)24-19)10-15(26)23-13-8-4-5-9-14(13)29-17(21)22/h2-9,17H,10H2,1H3,(H,23,26)(H,24,28)/t19-/m1/s1. The Kier molecular flexibility index (Phi) is 5.69. The summed E-state index contributed by atoms with van der Waals surface area (Å²) < 4.78 is 29.3. The van der Waals surface area contributed by atoms with Crippen molar-refractivity contribution < 1.29 is 27.9 Å². The van der Waals surface area contributed by atoms with Gasteiger partial charge in [0, 0.05) is 10.6 Å². The molecular formula is C19H16ClF2N3O4. The van der Waals surface area contributed by atoms with E-state index in [1.54, 1.807) is 24.3 Å². The van der Waals surface area contributed by atoms with Crippen LogP contribution >= 0.6 is 11.6 Å². The first kappa shape index (κ1) is 20.5. The highest BCUT2D eigenvalue weighted by Gasteiger charge is 2.50. The van der Waals surface area contributed by atoms with Crippen LogP contribution in [0.25, 0.3) is 0 Å². The van der Waals surface area contributed by atoms with Gasteiger partial charge in [0.1, 0.15) is 17.8 Å². The minimum Gasteiger partial charge on any atom is -0.433 e. The first-order valence-corrected chi connectivity index (χ1v) is 8.83. The quantitative estimate of drug-likeness (QED) is 0.697. The maximum absolute atomic E-state index is 12.9. The minimum absolute atomic E-state index is 0.0151. The van der Waals surface area contributed by atoms with Gasteiger partial charge in [-0.25, -0.2) is 4.79 Å². The van der Waals surface area contributed by atoms with Crippen molar-refractivity contribution in [2.45, 2.75) is 19.1 Å². The molecule has 4 amide bonds. The number of para-hydroxylation sites is 2. The summed E-state index contributed by atoms with van der Waals surface area (Å²) in [7, 11) is 0. The molecule has 0 spiro atoms. The van der Waals surface area contributed by atoms with Crippen molar-refractivity contribution in [2.24, 2.45) is 0 Å². The molecule has 2 N–H and O–H groups in total. The van der Waals surface area contributed by atoms with Crippen molar-refractivity contribution in [1.29, 1.82) is 0 Å². The summed E-state index contributed by atoms with van der Waals surface area (Å²) in [5, 5.41) is 5.19. The molecule has 0 aliphatic carbocycles. The van der Waals surface area contributed by atoms with E-state index in [9.17, 15) is 23.2 Å². The lowest BCUT2D eigenvalue weighted by Gasteiger charge is -2.23. The number of amides is 4. The van der Waals surface area contributed by atoms with E-state index < -0.39 is 36.5 Å². The number of anilines is 1. The zero-order valence-corrected chi connectivity index (χ0v) is 15.9. The number of hydrogen-bond acceptors (Lipinski definition) is 4. The van der Waals surface area contributed by atoms with Gasteiger partial charge in [-0.05, 0) is 25.1 Å².